The first-order valence-corrected chi connectivity index (χ1v) is 7.07. The zero-order valence-electron chi connectivity index (χ0n) is 9.51. The van der Waals surface area contributed by atoms with Crippen molar-refractivity contribution in [2.24, 2.45) is 0 Å². The van der Waals surface area contributed by atoms with Gasteiger partial charge >= 0.3 is 0 Å². The lowest BCUT2D eigenvalue weighted by Crippen LogP contribution is -2.30. The number of nitrogens with zero attached hydrogens (tertiary/aromatic N) is 2. The number of aliphatic hydroxyl groups is 1. The van der Waals surface area contributed by atoms with Crippen LogP contribution in [-0.2, 0) is 10.0 Å². The van der Waals surface area contributed by atoms with Crippen LogP contribution in [0.4, 0.5) is 5.82 Å². The lowest BCUT2D eigenvalue weighted by molar-refractivity contribution is 0.266. The maximum Gasteiger partial charge on any atom is 0.246 e. The molecule has 0 aromatic carbocycles. The molecule has 8 heteroatoms. The fraction of sp³-hybridized carbons (Fsp3) is 0.444. The standard InChI is InChI=1S/C9H14BrN3O3S/c1-11-9-8(5-7(10)6-12-9)17(15,16)13(2)3-4-14/h5-6,14H,3-4H2,1-2H3,(H,11,12). The molecule has 0 atom stereocenters. The van der Waals surface area contributed by atoms with Crippen molar-refractivity contribution in [1.29, 1.82) is 0 Å². The highest BCUT2D eigenvalue weighted by Crippen LogP contribution is 2.24. The molecule has 2 N–H and O–H groups in total. The molecule has 0 spiro atoms. The van der Waals surface area contributed by atoms with E-state index in [2.05, 4.69) is 26.2 Å². The third kappa shape index (κ3) is 3.15. The zero-order valence-corrected chi connectivity index (χ0v) is 11.9. The van der Waals surface area contributed by atoms with Crippen molar-refractivity contribution >= 4 is 31.8 Å². The Balaban J connectivity index is 3.27. The second kappa shape index (κ2) is 5.76. The van der Waals surface area contributed by atoms with Crippen LogP contribution in [0.3, 0.4) is 0 Å². The third-order valence-electron chi connectivity index (χ3n) is 2.16. The van der Waals surface area contributed by atoms with Gasteiger partial charge in [-0.15, -0.1) is 0 Å². The minimum absolute atomic E-state index is 0.0397. The fourth-order valence-corrected chi connectivity index (χ4v) is 3.05. The molecule has 0 amide bonds. The average molecular weight is 324 g/mol. The normalized spacial score (nSPS) is 11.8. The van der Waals surface area contributed by atoms with Gasteiger partial charge < -0.3 is 10.4 Å². The van der Waals surface area contributed by atoms with Crippen LogP contribution < -0.4 is 5.32 Å². The summed E-state index contributed by atoms with van der Waals surface area (Å²) in [6.45, 7) is -0.190. The van der Waals surface area contributed by atoms with E-state index >= 15 is 0 Å². The quantitative estimate of drug-likeness (QED) is 0.824. The highest BCUT2D eigenvalue weighted by molar-refractivity contribution is 9.10. The number of rotatable bonds is 5. The summed E-state index contributed by atoms with van der Waals surface area (Å²) in [6.07, 6.45) is 1.51. The van der Waals surface area contributed by atoms with Gasteiger partial charge in [0.05, 0.1) is 6.61 Å². The first-order chi connectivity index (χ1) is 7.93. The van der Waals surface area contributed by atoms with Crippen LogP contribution in [0.15, 0.2) is 21.6 Å². The van der Waals surface area contributed by atoms with Crippen molar-refractivity contribution in [3.05, 3.63) is 16.7 Å². The van der Waals surface area contributed by atoms with Gasteiger partial charge in [-0.1, -0.05) is 0 Å². The van der Waals surface area contributed by atoms with Gasteiger partial charge in [0, 0.05) is 31.3 Å². The van der Waals surface area contributed by atoms with Gasteiger partial charge in [-0.3, -0.25) is 0 Å². The summed E-state index contributed by atoms with van der Waals surface area (Å²) in [5, 5.41) is 11.5. The molecule has 6 nitrogen and oxygen atoms in total. The summed E-state index contributed by atoms with van der Waals surface area (Å²) in [4.78, 5) is 4.05. The number of aromatic nitrogens is 1. The van der Waals surface area contributed by atoms with E-state index in [0.29, 0.717) is 4.47 Å². The van der Waals surface area contributed by atoms with Gasteiger partial charge in [-0.05, 0) is 22.0 Å². The monoisotopic (exact) mass is 323 g/mol. The van der Waals surface area contributed by atoms with Crippen LogP contribution in [0.25, 0.3) is 0 Å². The van der Waals surface area contributed by atoms with Gasteiger partial charge in [0.2, 0.25) is 10.0 Å². The second-order valence-corrected chi connectivity index (χ2v) is 6.23. The van der Waals surface area contributed by atoms with Crippen LogP contribution in [-0.4, -0.2) is 50.1 Å². The van der Waals surface area contributed by atoms with Crippen molar-refractivity contribution in [2.75, 3.05) is 32.6 Å². The highest BCUT2D eigenvalue weighted by atomic mass is 79.9. The van der Waals surface area contributed by atoms with E-state index in [4.69, 9.17) is 5.11 Å². The molecule has 1 aromatic rings. The summed E-state index contributed by atoms with van der Waals surface area (Å²) in [6, 6.07) is 1.47. The first-order valence-electron chi connectivity index (χ1n) is 4.84. The average Bonchev–Trinajstić information content (AvgIpc) is 2.29. The van der Waals surface area contributed by atoms with Gasteiger partial charge in [-0.25, -0.2) is 13.4 Å². The van der Waals surface area contributed by atoms with Gasteiger partial charge in [-0.2, -0.15) is 4.31 Å². The van der Waals surface area contributed by atoms with Crippen molar-refractivity contribution < 1.29 is 13.5 Å². The van der Waals surface area contributed by atoms with Gasteiger partial charge in [0.25, 0.3) is 0 Å². The number of anilines is 1. The number of halogens is 1. The molecule has 1 rings (SSSR count). The van der Waals surface area contributed by atoms with Crippen LogP contribution in [0.1, 0.15) is 0 Å². The van der Waals surface area contributed by atoms with Crippen molar-refractivity contribution in [1.82, 2.24) is 9.29 Å². The number of nitrogens with one attached hydrogen (secondary N) is 1. The molecule has 0 unspecified atom stereocenters. The molecule has 17 heavy (non-hydrogen) atoms. The van der Waals surface area contributed by atoms with Crippen LogP contribution >= 0.6 is 15.9 Å². The molecule has 0 saturated heterocycles. The summed E-state index contributed by atoms with van der Waals surface area (Å²) in [5.74, 6) is 0.276. The SMILES string of the molecule is CNc1ncc(Br)cc1S(=O)(=O)N(C)CCO. The van der Waals surface area contributed by atoms with E-state index in [1.807, 2.05) is 0 Å². The lowest BCUT2D eigenvalue weighted by Gasteiger charge is -2.17. The predicted octanol–water partition coefficient (Wildman–Crippen LogP) is 0.499. The van der Waals surface area contributed by atoms with Crippen LogP contribution in [0, 0.1) is 0 Å². The number of likely N-dealkylation sites (N-methyl/N-ethyl adjacent to an activating group) is 1. The summed E-state index contributed by atoms with van der Waals surface area (Å²) >= 11 is 3.18. The minimum atomic E-state index is -3.65. The summed E-state index contributed by atoms with van der Waals surface area (Å²) in [7, 11) is -0.641. The summed E-state index contributed by atoms with van der Waals surface area (Å²) in [5.41, 5.74) is 0. The molecule has 0 bridgehead atoms. The molecule has 1 heterocycles. The Morgan fingerprint density at radius 3 is 2.76 bits per heavy atom. The van der Waals surface area contributed by atoms with Crippen LogP contribution in [0.5, 0.6) is 0 Å². The smallest absolute Gasteiger partial charge is 0.246 e. The van der Waals surface area contributed by atoms with Crippen molar-refractivity contribution in [2.45, 2.75) is 4.90 Å². The maximum absolute atomic E-state index is 12.2. The Morgan fingerprint density at radius 2 is 2.24 bits per heavy atom. The van der Waals surface area contributed by atoms with Gasteiger partial charge in [0.1, 0.15) is 10.7 Å². The zero-order chi connectivity index (χ0) is 13.1. The second-order valence-electron chi connectivity index (χ2n) is 3.30. The lowest BCUT2D eigenvalue weighted by atomic mass is 10.4. The molecule has 0 aliphatic carbocycles. The van der Waals surface area contributed by atoms with E-state index in [1.54, 1.807) is 7.05 Å². The summed E-state index contributed by atoms with van der Waals surface area (Å²) < 4.78 is 26.0. The molecule has 0 radical (unpaired) electrons. The first kappa shape index (κ1) is 14.4. The molecule has 0 fully saturated rings. The van der Waals surface area contributed by atoms with E-state index in [-0.39, 0.29) is 23.9 Å². The molecule has 0 saturated carbocycles. The number of hydrogen-bond acceptors (Lipinski definition) is 5. The van der Waals surface area contributed by atoms with E-state index in [1.165, 1.54) is 19.3 Å². The Hall–Kier alpha value is -0.700. The molecular weight excluding hydrogens is 310 g/mol. The van der Waals surface area contributed by atoms with Gasteiger partial charge in [0.15, 0.2) is 0 Å². The molecule has 1 aromatic heterocycles. The third-order valence-corrected chi connectivity index (χ3v) is 4.46. The Kier molecular flexibility index (Phi) is 4.87. The van der Waals surface area contributed by atoms with E-state index in [9.17, 15) is 8.42 Å². The largest absolute Gasteiger partial charge is 0.395 e. The predicted molar refractivity (Wildman–Crippen MR) is 68.4 cm³/mol. The molecule has 0 aliphatic rings. The maximum atomic E-state index is 12.2. The van der Waals surface area contributed by atoms with Crippen molar-refractivity contribution in [3.63, 3.8) is 0 Å². The van der Waals surface area contributed by atoms with Crippen LogP contribution in [0.2, 0.25) is 0 Å². The Bertz CT molecular complexity index is 492. The number of hydrogen-bond donors (Lipinski definition) is 2. The minimum Gasteiger partial charge on any atom is -0.395 e. The Labute approximate surface area is 109 Å². The highest BCUT2D eigenvalue weighted by Gasteiger charge is 2.24. The number of pyridine rings is 1. The van der Waals surface area contributed by atoms with E-state index in [0.717, 1.165) is 4.31 Å². The topological polar surface area (TPSA) is 82.5 Å². The molecule has 96 valence electrons. The van der Waals surface area contributed by atoms with Crippen molar-refractivity contribution in [3.8, 4) is 0 Å². The Morgan fingerprint density at radius 1 is 1.59 bits per heavy atom. The molecular formula is C9H14BrN3O3S. The number of sulfonamides is 1. The van der Waals surface area contributed by atoms with E-state index < -0.39 is 10.0 Å². The number of aliphatic hydroxyl groups excluding tert-OH is 1. The fourth-order valence-electron chi connectivity index (χ4n) is 1.23. The molecule has 0 aliphatic heterocycles.